The Bertz CT molecular complexity index is 925. The third-order valence-corrected chi connectivity index (χ3v) is 7.80. The molecule has 0 spiro atoms. The number of aryl methyl sites for hydroxylation is 1. The minimum atomic E-state index is -4.79. The molecule has 0 amide bonds. The summed E-state index contributed by atoms with van der Waals surface area (Å²) >= 11 is 0. The molecule has 0 saturated carbocycles. The number of phosphoric ester groups is 2. The van der Waals surface area contributed by atoms with Gasteiger partial charge in [-0.2, -0.15) is 0 Å². The van der Waals surface area contributed by atoms with Gasteiger partial charge in [0.1, 0.15) is 5.75 Å². The molecule has 1 rings (SSSR count). The molecule has 0 aromatic carbocycles. The normalized spacial score (nSPS) is 14.0. The Balaban J connectivity index is 2.54. The Morgan fingerprint density at radius 3 is 1.85 bits per heavy atom. The van der Waals surface area contributed by atoms with Gasteiger partial charge in [0.25, 0.3) is 0 Å². The van der Waals surface area contributed by atoms with Crippen LogP contribution in [0.5, 0.6) is 5.75 Å². The standard InChI is InChI=1S/C26H50N2O10P2/c1-3-4-5-6-7-8-9-10-11-12-13-14-15-16-25(29)24(20-38-40(34,35)36)28-18-23-22(19-37-39(31,32)33)17-27-21(2)26(23)30/h17,24-25,28-30H,3-16,18-20H2,1-2H3,(H2,31,32,33)(H2,34,35,36)/t24-,25+/m0/s1. The van der Waals surface area contributed by atoms with Crippen LogP contribution in [-0.2, 0) is 31.3 Å². The molecule has 0 fully saturated rings. The van der Waals surface area contributed by atoms with E-state index in [0.717, 1.165) is 25.7 Å². The third-order valence-electron chi connectivity index (χ3n) is 6.85. The highest BCUT2D eigenvalue weighted by atomic mass is 31.2. The summed E-state index contributed by atoms with van der Waals surface area (Å²) in [4.78, 5) is 40.3. The molecule has 0 aliphatic rings. The maximum absolute atomic E-state index is 11.3. The Morgan fingerprint density at radius 1 is 0.850 bits per heavy atom. The van der Waals surface area contributed by atoms with Crippen LogP contribution in [0.3, 0.4) is 0 Å². The number of unbranched alkanes of at least 4 members (excludes halogenated alkanes) is 12. The fraction of sp³-hybridized carbons (Fsp3) is 0.808. The lowest BCUT2D eigenvalue weighted by atomic mass is 10.0. The van der Waals surface area contributed by atoms with Crippen LogP contribution in [-0.4, -0.2) is 53.5 Å². The van der Waals surface area contributed by atoms with Gasteiger partial charge in [0.15, 0.2) is 0 Å². The lowest BCUT2D eigenvalue weighted by Gasteiger charge is -2.25. The molecule has 0 saturated heterocycles. The quantitative estimate of drug-likeness (QED) is 0.0602. The highest BCUT2D eigenvalue weighted by Gasteiger charge is 2.25. The topological polar surface area (TPSA) is 199 Å². The van der Waals surface area contributed by atoms with Crippen molar-refractivity contribution >= 4 is 15.6 Å². The predicted octanol–water partition coefficient (Wildman–Crippen LogP) is 5.11. The third kappa shape index (κ3) is 17.8. The second-order valence-electron chi connectivity index (χ2n) is 10.3. The lowest BCUT2D eigenvalue weighted by Crippen LogP contribution is -2.43. The molecule has 234 valence electrons. The average Bonchev–Trinajstić information content (AvgIpc) is 2.87. The minimum absolute atomic E-state index is 0.0973. The van der Waals surface area contributed by atoms with E-state index >= 15 is 0 Å². The number of nitrogens with one attached hydrogen (secondary N) is 1. The molecule has 14 heteroatoms. The molecule has 0 unspecified atom stereocenters. The summed E-state index contributed by atoms with van der Waals surface area (Å²) in [6.07, 6.45) is 16.2. The maximum atomic E-state index is 11.3. The van der Waals surface area contributed by atoms with Gasteiger partial charge in [0.05, 0.1) is 31.1 Å². The van der Waals surface area contributed by atoms with Crippen LogP contribution in [0.1, 0.15) is 114 Å². The van der Waals surface area contributed by atoms with Gasteiger partial charge in [-0.15, -0.1) is 0 Å². The van der Waals surface area contributed by atoms with E-state index in [4.69, 9.17) is 19.6 Å². The van der Waals surface area contributed by atoms with E-state index in [2.05, 4.69) is 26.3 Å². The zero-order valence-electron chi connectivity index (χ0n) is 23.9. The number of aromatic nitrogens is 1. The van der Waals surface area contributed by atoms with Crippen LogP contribution in [0.25, 0.3) is 0 Å². The van der Waals surface area contributed by atoms with Crippen molar-refractivity contribution in [3.8, 4) is 5.75 Å². The SMILES string of the molecule is CCCCCCCCCCCCCCC[C@@H](O)[C@H](COP(=O)(O)O)NCc1c(COP(=O)(O)O)cnc(C)c1O. The lowest BCUT2D eigenvalue weighted by molar-refractivity contribution is 0.0757. The molecule has 0 bridgehead atoms. The summed E-state index contributed by atoms with van der Waals surface area (Å²) in [6.45, 7) is 2.67. The Morgan fingerprint density at radius 2 is 1.35 bits per heavy atom. The maximum Gasteiger partial charge on any atom is 0.469 e. The molecule has 2 atom stereocenters. The van der Waals surface area contributed by atoms with Crippen LogP contribution in [0.15, 0.2) is 6.20 Å². The molecule has 0 aliphatic carbocycles. The van der Waals surface area contributed by atoms with Crippen molar-refractivity contribution in [2.75, 3.05) is 6.61 Å². The van der Waals surface area contributed by atoms with E-state index in [9.17, 15) is 19.3 Å². The van der Waals surface area contributed by atoms with Crippen LogP contribution in [0.4, 0.5) is 0 Å². The molecule has 1 heterocycles. The number of aliphatic hydroxyl groups excluding tert-OH is 1. The first kappa shape index (κ1) is 37.1. The second-order valence-corrected chi connectivity index (χ2v) is 12.8. The monoisotopic (exact) mass is 612 g/mol. The zero-order chi connectivity index (χ0) is 30.0. The fourth-order valence-electron chi connectivity index (χ4n) is 4.45. The highest BCUT2D eigenvalue weighted by molar-refractivity contribution is 7.46. The summed E-state index contributed by atoms with van der Waals surface area (Å²) in [5.74, 6) is -0.222. The van der Waals surface area contributed by atoms with Gasteiger partial charge in [-0.05, 0) is 13.3 Å². The number of phosphoric acid groups is 2. The highest BCUT2D eigenvalue weighted by Crippen LogP contribution is 2.38. The van der Waals surface area contributed by atoms with Crippen molar-refractivity contribution in [2.45, 2.75) is 129 Å². The van der Waals surface area contributed by atoms with Gasteiger partial charge in [0, 0.05) is 23.9 Å². The van der Waals surface area contributed by atoms with Crippen LogP contribution in [0, 0.1) is 6.92 Å². The number of nitrogens with zero attached hydrogens (tertiary/aromatic N) is 1. The minimum Gasteiger partial charge on any atom is -0.506 e. The molecule has 0 radical (unpaired) electrons. The number of hydrogen-bond donors (Lipinski definition) is 7. The first-order valence-corrected chi connectivity index (χ1v) is 17.4. The summed E-state index contributed by atoms with van der Waals surface area (Å²) in [5.41, 5.74) is 0.710. The van der Waals surface area contributed by atoms with Crippen molar-refractivity contribution in [1.29, 1.82) is 0 Å². The molecule has 0 aliphatic heterocycles. The number of rotatable bonds is 24. The summed E-state index contributed by atoms with van der Waals surface area (Å²) < 4.78 is 31.6. The van der Waals surface area contributed by atoms with E-state index in [1.54, 1.807) is 6.92 Å². The molecule has 1 aromatic rings. The predicted molar refractivity (Wildman–Crippen MR) is 152 cm³/mol. The van der Waals surface area contributed by atoms with Crippen LogP contribution >= 0.6 is 15.6 Å². The van der Waals surface area contributed by atoms with Gasteiger partial charge in [-0.3, -0.25) is 14.0 Å². The summed E-state index contributed by atoms with van der Waals surface area (Å²) in [5, 5.41) is 24.2. The fourth-order valence-corrected chi connectivity index (χ4v) is 5.11. The van der Waals surface area contributed by atoms with E-state index in [0.29, 0.717) is 6.42 Å². The van der Waals surface area contributed by atoms with Crippen molar-refractivity contribution in [1.82, 2.24) is 10.3 Å². The molecule has 12 nitrogen and oxygen atoms in total. The summed E-state index contributed by atoms with van der Waals surface area (Å²) in [6, 6.07) is -0.881. The Labute approximate surface area is 238 Å². The van der Waals surface area contributed by atoms with E-state index in [1.807, 2.05) is 0 Å². The average molecular weight is 613 g/mol. The second kappa shape index (κ2) is 20.1. The van der Waals surface area contributed by atoms with E-state index in [-0.39, 0.29) is 29.1 Å². The van der Waals surface area contributed by atoms with Gasteiger partial charge < -0.3 is 35.1 Å². The summed E-state index contributed by atoms with van der Waals surface area (Å²) in [7, 11) is -9.56. The van der Waals surface area contributed by atoms with Crippen molar-refractivity contribution in [2.24, 2.45) is 0 Å². The first-order chi connectivity index (χ1) is 18.8. The molecule has 1 aromatic heterocycles. The number of aromatic hydroxyl groups is 1. The smallest absolute Gasteiger partial charge is 0.469 e. The van der Waals surface area contributed by atoms with Gasteiger partial charge in [-0.1, -0.05) is 90.4 Å². The molecule has 7 N–H and O–H groups in total. The van der Waals surface area contributed by atoms with E-state index < -0.39 is 41.0 Å². The van der Waals surface area contributed by atoms with Crippen molar-refractivity contribution in [3.63, 3.8) is 0 Å². The Kier molecular flexibility index (Phi) is 18.6. The molecular formula is C26H50N2O10P2. The number of hydrogen-bond acceptors (Lipinski definition) is 8. The number of pyridine rings is 1. The van der Waals surface area contributed by atoms with Gasteiger partial charge in [-0.25, -0.2) is 9.13 Å². The van der Waals surface area contributed by atoms with Crippen LogP contribution in [0.2, 0.25) is 0 Å². The number of aliphatic hydroxyl groups is 1. The van der Waals surface area contributed by atoms with E-state index in [1.165, 1.54) is 64.0 Å². The van der Waals surface area contributed by atoms with Gasteiger partial charge >= 0.3 is 15.6 Å². The van der Waals surface area contributed by atoms with Crippen molar-refractivity contribution < 1.29 is 48.0 Å². The van der Waals surface area contributed by atoms with Crippen molar-refractivity contribution in [3.05, 3.63) is 23.0 Å². The zero-order valence-corrected chi connectivity index (χ0v) is 25.7. The van der Waals surface area contributed by atoms with Gasteiger partial charge in [0.2, 0.25) is 0 Å². The Hall–Kier alpha value is -0.910. The molecular weight excluding hydrogens is 562 g/mol. The first-order valence-electron chi connectivity index (χ1n) is 14.3. The largest absolute Gasteiger partial charge is 0.506 e. The molecule has 40 heavy (non-hydrogen) atoms. The van der Waals surface area contributed by atoms with Crippen LogP contribution < -0.4 is 5.32 Å².